The lowest BCUT2D eigenvalue weighted by molar-refractivity contribution is -0.134. The number of carbonyl (C=O) groups excluding carboxylic acids is 1. The van der Waals surface area contributed by atoms with E-state index >= 15 is 0 Å². The molecule has 0 bridgehead atoms. The van der Waals surface area contributed by atoms with Crippen LogP contribution in [0.25, 0.3) is 0 Å². The van der Waals surface area contributed by atoms with E-state index in [1.807, 2.05) is 13.8 Å². The minimum absolute atomic E-state index is 0.285. The van der Waals surface area contributed by atoms with E-state index in [4.69, 9.17) is 4.52 Å². The Kier molecular flexibility index (Phi) is 5.65. The zero-order chi connectivity index (χ0) is 16.3. The molecule has 4 nitrogen and oxygen atoms in total. The second-order valence-electron chi connectivity index (χ2n) is 7.17. The summed E-state index contributed by atoms with van der Waals surface area (Å²) in [4.78, 5) is 14.9. The van der Waals surface area contributed by atoms with Crippen molar-refractivity contribution in [2.75, 3.05) is 6.54 Å². The summed E-state index contributed by atoms with van der Waals surface area (Å²) < 4.78 is 5.19. The third kappa shape index (κ3) is 3.90. The fourth-order valence-corrected chi connectivity index (χ4v) is 3.52. The number of hydrogen-bond acceptors (Lipinski definition) is 3. The molecule has 1 amide bonds. The SMILES string of the molecule is Cc1noc(C)c1CCC(=O)N1CC[C@H](C)CC[C@H]1C(C)C. The van der Waals surface area contributed by atoms with Crippen molar-refractivity contribution in [3.63, 3.8) is 0 Å². The lowest BCUT2D eigenvalue weighted by atomic mass is 9.95. The molecule has 2 atom stereocenters. The normalized spacial score (nSPS) is 22.9. The van der Waals surface area contributed by atoms with E-state index < -0.39 is 0 Å². The molecule has 1 fully saturated rings. The summed E-state index contributed by atoms with van der Waals surface area (Å²) in [6.07, 6.45) is 4.78. The molecule has 1 aromatic rings. The van der Waals surface area contributed by atoms with Gasteiger partial charge in [0.15, 0.2) is 0 Å². The van der Waals surface area contributed by atoms with Crippen LogP contribution in [-0.2, 0) is 11.2 Å². The number of aromatic nitrogens is 1. The molecule has 0 N–H and O–H groups in total. The van der Waals surface area contributed by atoms with Crippen LogP contribution in [0.5, 0.6) is 0 Å². The zero-order valence-corrected chi connectivity index (χ0v) is 14.7. The van der Waals surface area contributed by atoms with Crippen molar-refractivity contribution in [2.24, 2.45) is 11.8 Å². The Morgan fingerprint density at radius 2 is 2.05 bits per heavy atom. The smallest absolute Gasteiger partial charge is 0.223 e. The third-order valence-electron chi connectivity index (χ3n) is 5.08. The standard InChI is InChI=1S/C18H30N2O2/c1-12(2)17-8-6-13(3)10-11-20(17)18(21)9-7-16-14(4)19-22-15(16)5/h12-13,17H,6-11H2,1-5H3/t13-,17+/m1/s1. The summed E-state index contributed by atoms with van der Waals surface area (Å²) in [5.41, 5.74) is 2.01. The van der Waals surface area contributed by atoms with Gasteiger partial charge in [-0.1, -0.05) is 25.9 Å². The van der Waals surface area contributed by atoms with Gasteiger partial charge in [0.2, 0.25) is 5.91 Å². The Labute approximate surface area is 134 Å². The van der Waals surface area contributed by atoms with Gasteiger partial charge >= 0.3 is 0 Å². The van der Waals surface area contributed by atoms with Crippen molar-refractivity contribution in [3.8, 4) is 0 Å². The minimum Gasteiger partial charge on any atom is -0.361 e. The van der Waals surface area contributed by atoms with Gasteiger partial charge in [0.1, 0.15) is 5.76 Å². The maximum Gasteiger partial charge on any atom is 0.223 e. The minimum atomic E-state index is 0.285. The van der Waals surface area contributed by atoms with E-state index in [1.165, 1.54) is 6.42 Å². The van der Waals surface area contributed by atoms with Gasteiger partial charge in [-0.15, -0.1) is 0 Å². The summed E-state index contributed by atoms with van der Waals surface area (Å²) >= 11 is 0. The third-order valence-corrected chi connectivity index (χ3v) is 5.08. The molecule has 0 saturated carbocycles. The van der Waals surface area contributed by atoms with E-state index in [1.54, 1.807) is 0 Å². The Balaban J connectivity index is 2.02. The number of hydrogen-bond donors (Lipinski definition) is 0. The zero-order valence-electron chi connectivity index (χ0n) is 14.7. The lowest BCUT2D eigenvalue weighted by Gasteiger charge is -2.33. The summed E-state index contributed by atoms with van der Waals surface area (Å²) in [7, 11) is 0. The van der Waals surface area contributed by atoms with Crippen LogP contribution in [-0.4, -0.2) is 28.6 Å². The van der Waals surface area contributed by atoms with Gasteiger partial charge in [-0.3, -0.25) is 4.79 Å². The molecule has 1 saturated heterocycles. The summed E-state index contributed by atoms with van der Waals surface area (Å²) in [5, 5.41) is 3.97. The van der Waals surface area contributed by atoms with Crippen LogP contribution in [0, 0.1) is 25.7 Å². The van der Waals surface area contributed by atoms with Crippen LogP contribution in [0.3, 0.4) is 0 Å². The van der Waals surface area contributed by atoms with Crippen molar-refractivity contribution in [3.05, 3.63) is 17.0 Å². The first-order valence-corrected chi connectivity index (χ1v) is 8.61. The predicted octanol–water partition coefficient (Wildman–Crippen LogP) is 3.90. The first-order chi connectivity index (χ1) is 10.4. The Morgan fingerprint density at radius 1 is 1.32 bits per heavy atom. The fraction of sp³-hybridized carbons (Fsp3) is 0.778. The number of carbonyl (C=O) groups is 1. The van der Waals surface area contributed by atoms with Crippen LogP contribution in [0.15, 0.2) is 4.52 Å². The van der Waals surface area contributed by atoms with Crippen LogP contribution in [0.2, 0.25) is 0 Å². The maximum atomic E-state index is 12.8. The molecule has 1 aliphatic heterocycles. The average molecular weight is 306 g/mol. The van der Waals surface area contributed by atoms with Gasteiger partial charge in [-0.2, -0.15) is 0 Å². The number of likely N-dealkylation sites (tertiary alicyclic amines) is 1. The fourth-order valence-electron chi connectivity index (χ4n) is 3.52. The molecule has 2 rings (SSSR count). The van der Waals surface area contributed by atoms with Crippen molar-refractivity contribution in [1.29, 1.82) is 0 Å². The topological polar surface area (TPSA) is 46.3 Å². The van der Waals surface area contributed by atoms with Crippen LogP contribution >= 0.6 is 0 Å². The number of rotatable bonds is 4. The summed E-state index contributed by atoms with van der Waals surface area (Å²) in [5.74, 6) is 2.37. The molecule has 0 aliphatic carbocycles. The molecular formula is C18H30N2O2. The molecule has 1 aliphatic rings. The molecule has 0 unspecified atom stereocenters. The molecule has 124 valence electrons. The highest BCUT2D eigenvalue weighted by molar-refractivity contribution is 5.77. The largest absolute Gasteiger partial charge is 0.361 e. The Hall–Kier alpha value is -1.32. The van der Waals surface area contributed by atoms with Crippen molar-refractivity contribution < 1.29 is 9.32 Å². The van der Waals surface area contributed by atoms with E-state index in [0.29, 0.717) is 18.4 Å². The number of aryl methyl sites for hydroxylation is 2. The molecule has 0 spiro atoms. The quantitative estimate of drug-likeness (QED) is 0.847. The molecule has 4 heteroatoms. The highest BCUT2D eigenvalue weighted by atomic mass is 16.5. The molecule has 0 radical (unpaired) electrons. The van der Waals surface area contributed by atoms with E-state index in [0.717, 1.165) is 48.7 Å². The molecule has 1 aromatic heterocycles. The average Bonchev–Trinajstić information content (AvgIpc) is 2.67. The maximum absolute atomic E-state index is 12.8. The van der Waals surface area contributed by atoms with Crippen LogP contribution in [0.1, 0.15) is 63.5 Å². The Bertz CT molecular complexity index is 488. The number of amides is 1. The highest BCUT2D eigenvalue weighted by Gasteiger charge is 2.29. The van der Waals surface area contributed by atoms with E-state index in [2.05, 4.69) is 30.8 Å². The second-order valence-corrected chi connectivity index (χ2v) is 7.17. The molecular weight excluding hydrogens is 276 g/mol. The predicted molar refractivity (Wildman–Crippen MR) is 87.7 cm³/mol. The van der Waals surface area contributed by atoms with Gasteiger partial charge in [-0.05, 0) is 51.4 Å². The van der Waals surface area contributed by atoms with E-state index in [9.17, 15) is 4.79 Å². The summed E-state index contributed by atoms with van der Waals surface area (Å²) in [6.45, 7) is 11.5. The second kappa shape index (κ2) is 7.30. The van der Waals surface area contributed by atoms with Crippen LogP contribution in [0.4, 0.5) is 0 Å². The van der Waals surface area contributed by atoms with Crippen LogP contribution < -0.4 is 0 Å². The van der Waals surface area contributed by atoms with Crippen molar-refractivity contribution >= 4 is 5.91 Å². The lowest BCUT2D eigenvalue weighted by Crippen LogP contribution is -2.43. The highest BCUT2D eigenvalue weighted by Crippen LogP contribution is 2.27. The monoisotopic (exact) mass is 306 g/mol. The number of nitrogens with zero attached hydrogens (tertiary/aromatic N) is 2. The van der Waals surface area contributed by atoms with Gasteiger partial charge in [0, 0.05) is 24.6 Å². The molecule has 0 aromatic carbocycles. The molecule has 2 heterocycles. The van der Waals surface area contributed by atoms with E-state index in [-0.39, 0.29) is 5.91 Å². The van der Waals surface area contributed by atoms with Gasteiger partial charge in [0.25, 0.3) is 0 Å². The van der Waals surface area contributed by atoms with Gasteiger partial charge < -0.3 is 9.42 Å². The first-order valence-electron chi connectivity index (χ1n) is 8.61. The van der Waals surface area contributed by atoms with Crippen molar-refractivity contribution in [1.82, 2.24) is 10.1 Å². The van der Waals surface area contributed by atoms with Gasteiger partial charge in [-0.25, -0.2) is 0 Å². The first kappa shape index (κ1) is 17.0. The summed E-state index contributed by atoms with van der Waals surface area (Å²) in [6, 6.07) is 0.391. The van der Waals surface area contributed by atoms with Crippen molar-refractivity contribution in [2.45, 2.75) is 72.8 Å². The Morgan fingerprint density at radius 3 is 2.64 bits per heavy atom. The van der Waals surface area contributed by atoms with Gasteiger partial charge in [0.05, 0.1) is 5.69 Å². The molecule has 22 heavy (non-hydrogen) atoms.